The van der Waals surface area contributed by atoms with E-state index in [2.05, 4.69) is 13.2 Å². The Morgan fingerprint density at radius 2 is 1.58 bits per heavy atom. The van der Waals surface area contributed by atoms with E-state index in [1.165, 1.54) is 38.4 Å². The van der Waals surface area contributed by atoms with Gasteiger partial charge in [0.15, 0.2) is 0 Å². The molecule has 0 unspecified atom stereocenters. The third-order valence-corrected chi connectivity index (χ3v) is 26.1. The quantitative estimate of drug-likeness (QED) is 0.479. The summed E-state index contributed by atoms with van der Waals surface area (Å²) in [5.74, 6) is 0. The van der Waals surface area contributed by atoms with Crippen molar-refractivity contribution in [3.63, 3.8) is 0 Å². The molecule has 19 heavy (non-hydrogen) atoms. The zero-order valence-electron chi connectivity index (χ0n) is 11.4. The number of rotatable bonds is 6. The summed E-state index contributed by atoms with van der Waals surface area (Å²) in [5.41, 5.74) is 1.26. The zero-order chi connectivity index (χ0) is 14.5. The van der Waals surface area contributed by atoms with E-state index >= 15 is 0 Å². The van der Waals surface area contributed by atoms with Crippen LogP contribution in [-0.2, 0) is 9.59 Å². The maximum atomic E-state index is 11.7. The average molecular weight is 430 g/mol. The summed E-state index contributed by atoms with van der Waals surface area (Å²) < 4.78 is 3.28. The van der Waals surface area contributed by atoms with Gasteiger partial charge < -0.3 is 0 Å². The molecular formula is C13H20O2S2Se2. The van der Waals surface area contributed by atoms with Crippen LogP contribution in [0.15, 0.2) is 24.3 Å². The van der Waals surface area contributed by atoms with Gasteiger partial charge in [0.2, 0.25) is 0 Å². The number of thioether (sulfide) groups is 2. The maximum absolute atomic E-state index is 11.7. The molecule has 0 radical (unpaired) electrons. The van der Waals surface area contributed by atoms with Crippen molar-refractivity contribution in [1.82, 2.24) is 0 Å². The monoisotopic (exact) mass is 432 g/mol. The first kappa shape index (κ1) is 17.6. The molecule has 0 atom stereocenters. The van der Waals surface area contributed by atoms with Crippen LogP contribution in [0.25, 0.3) is 0 Å². The molecule has 108 valence electrons. The van der Waals surface area contributed by atoms with Gasteiger partial charge in [0.25, 0.3) is 0 Å². The van der Waals surface area contributed by atoms with E-state index < -0.39 is 12.8 Å². The Hall–Kier alpha value is 0.559. The van der Waals surface area contributed by atoms with E-state index in [-0.39, 0.29) is 10.2 Å². The molecule has 2 nitrogen and oxygen atoms in total. The molecule has 1 saturated heterocycles. The predicted octanol–water partition coefficient (Wildman–Crippen LogP) is 3.28. The second-order valence-corrected chi connectivity index (χ2v) is 20.1. The van der Waals surface area contributed by atoms with Gasteiger partial charge in [-0.25, -0.2) is 0 Å². The number of carbonyl (C=O) groups excluding carboxylic acids is 2. The summed E-state index contributed by atoms with van der Waals surface area (Å²) in [5, 5.41) is 2.86. The molecule has 0 aliphatic carbocycles. The van der Waals surface area contributed by atoms with Gasteiger partial charge >= 0.3 is 133 Å². The average Bonchev–Trinajstić information content (AvgIpc) is 2.82. The van der Waals surface area contributed by atoms with Gasteiger partial charge in [-0.3, -0.25) is 0 Å². The van der Waals surface area contributed by atoms with Crippen molar-refractivity contribution >= 4 is 61.6 Å². The van der Waals surface area contributed by atoms with Gasteiger partial charge in [0, 0.05) is 0 Å². The van der Waals surface area contributed by atoms with Crippen LogP contribution in [-0.4, -0.2) is 47.3 Å². The molecule has 1 fully saturated rings. The topological polar surface area (TPSA) is 34.1 Å². The van der Waals surface area contributed by atoms with E-state index in [9.17, 15) is 9.59 Å². The normalized spacial score (nSPS) is 18.8. The SMILES string of the molecule is C=C(C)C(=O)SC[Se]1(CSC(=O)C(=C)C)CC[Se]C1. The van der Waals surface area contributed by atoms with Gasteiger partial charge in [-0.05, 0) is 0 Å². The second-order valence-electron chi connectivity index (χ2n) is 4.61. The van der Waals surface area contributed by atoms with Crippen LogP contribution < -0.4 is 0 Å². The van der Waals surface area contributed by atoms with Gasteiger partial charge in [0.05, 0.1) is 0 Å². The number of hydrogen-bond acceptors (Lipinski definition) is 4. The Morgan fingerprint density at radius 1 is 1.11 bits per heavy atom. The summed E-state index contributed by atoms with van der Waals surface area (Å²) in [6.45, 7) is 10.9. The third kappa shape index (κ3) is 5.82. The predicted molar refractivity (Wildman–Crippen MR) is 90.5 cm³/mol. The van der Waals surface area contributed by atoms with E-state index in [0.29, 0.717) is 11.1 Å². The molecule has 1 aliphatic rings. The van der Waals surface area contributed by atoms with Gasteiger partial charge in [-0.1, -0.05) is 0 Å². The minimum atomic E-state index is -1.62. The fourth-order valence-electron chi connectivity index (χ4n) is 1.35. The standard InChI is InChI=1S/C13H20O2S2Se2/c1-10(2)12(14)16-7-19(6-5-18-9-19)8-17-13(15)11(3)4/h1,3,5-9H2,2,4H3. The molecule has 0 aromatic carbocycles. The summed E-state index contributed by atoms with van der Waals surface area (Å²) in [6, 6.07) is 0. The minimum absolute atomic E-state index is 0.118. The molecule has 0 aromatic rings. The van der Waals surface area contributed by atoms with Crippen molar-refractivity contribution in [3.05, 3.63) is 24.3 Å². The van der Waals surface area contributed by atoms with Crippen LogP contribution in [0, 0.1) is 0 Å². The van der Waals surface area contributed by atoms with E-state index in [0.717, 1.165) is 24.3 Å². The molecule has 6 heteroatoms. The van der Waals surface area contributed by atoms with E-state index in [4.69, 9.17) is 0 Å². The Bertz CT molecular complexity index is 369. The number of carbonyl (C=O) groups is 2. The summed E-state index contributed by atoms with van der Waals surface area (Å²) >= 11 is 1.99. The first-order chi connectivity index (χ1) is 8.86. The molecule has 1 aliphatic heterocycles. The third-order valence-electron chi connectivity index (χ3n) is 2.57. The van der Waals surface area contributed by atoms with Crippen LogP contribution in [0.4, 0.5) is 0 Å². The van der Waals surface area contributed by atoms with E-state index in [1.54, 1.807) is 13.8 Å². The molecular weight excluding hydrogens is 410 g/mol. The van der Waals surface area contributed by atoms with Crippen LogP contribution >= 0.6 is 23.5 Å². The first-order valence-electron chi connectivity index (χ1n) is 5.83. The zero-order valence-corrected chi connectivity index (χ0v) is 16.5. The van der Waals surface area contributed by atoms with Crippen molar-refractivity contribution < 1.29 is 9.59 Å². The Morgan fingerprint density at radius 3 is 1.89 bits per heavy atom. The molecule has 0 amide bonds. The molecule has 0 spiro atoms. The van der Waals surface area contributed by atoms with E-state index in [1.807, 2.05) is 0 Å². The molecule has 1 heterocycles. The second kappa shape index (κ2) is 8.11. The van der Waals surface area contributed by atoms with Gasteiger partial charge in [-0.15, -0.1) is 0 Å². The fraction of sp³-hybridized carbons (Fsp3) is 0.538. The van der Waals surface area contributed by atoms with Crippen LogP contribution in [0.5, 0.6) is 0 Å². The fourth-order valence-corrected chi connectivity index (χ4v) is 29.6. The van der Waals surface area contributed by atoms with Crippen molar-refractivity contribution in [2.45, 2.75) is 28.7 Å². The van der Waals surface area contributed by atoms with Gasteiger partial charge in [-0.2, -0.15) is 0 Å². The van der Waals surface area contributed by atoms with Crippen molar-refractivity contribution in [2.75, 3.05) is 9.30 Å². The van der Waals surface area contributed by atoms with Crippen molar-refractivity contribution in [1.29, 1.82) is 0 Å². The summed E-state index contributed by atoms with van der Waals surface area (Å²) in [4.78, 5) is 23.4. The molecule has 0 saturated carbocycles. The Balaban J connectivity index is 2.54. The van der Waals surface area contributed by atoms with Crippen LogP contribution in [0.3, 0.4) is 0 Å². The van der Waals surface area contributed by atoms with Crippen LogP contribution in [0.1, 0.15) is 13.8 Å². The van der Waals surface area contributed by atoms with Crippen molar-refractivity contribution in [3.8, 4) is 0 Å². The van der Waals surface area contributed by atoms with Crippen LogP contribution in [0.2, 0.25) is 14.9 Å². The first-order valence-corrected chi connectivity index (χ1v) is 15.1. The summed E-state index contributed by atoms with van der Waals surface area (Å²) in [6.07, 6.45) is 0. The molecule has 0 bridgehead atoms. The molecule has 1 rings (SSSR count). The Kier molecular flexibility index (Phi) is 7.52. The Labute approximate surface area is 133 Å². The number of hydrogen-bond donors (Lipinski definition) is 0. The summed E-state index contributed by atoms with van der Waals surface area (Å²) in [7, 11) is 0. The molecule has 0 aromatic heterocycles. The van der Waals surface area contributed by atoms with Gasteiger partial charge in [0.1, 0.15) is 0 Å². The molecule has 0 N–H and O–H groups in total. The van der Waals surface area contributed by atoms with Crippen molar-refractivity contribution in [2.24, 2.45) is 0 Å².